The van der Waals surface area contributed by atoms with Crippen LogP contribution < -0.4 is 4.74 Å². The number of ether oxygens (including phenoxy) is 1. The van der Waals surface area contributed by atoms with Gasteiger partial charge in [-0.05, 0) is 36.8 Å². The molecule has 0 unspecified atom stereocenters. The van der Waals surface area contributed by atoms with Gasteiger partial charge in [0.2, 0.25) is 0 Å². The normalized spacial score (nSPS) is 11.2. The van der Waals surface area contributed by atoms with Crippen LogP contribution in [0, 0.1) is 10.1 Å². The number of nitro groups is 1. The Balaban J connectivity index is 2.19. The van der Waals surface area contributed by atoms with Crippen molar-refractivity contribution in [1.82, 2.24) is 0 Å². The Labute approximate surface area is 134 Å². The van der Waals surface area contributed by atoms with Crippen molar-refractivity contribution in [2.45, 2.75) is 19.7 Å². The summed E-state index contributed by atoms with van der Waals surface area (Å²) >= 11 is 0. The van der Waals surface area contributed by atoms with Crippen LogP contribution in [-0.4, -0.2) is 10.7 Å². The number of ketones is 1. The van der Waals surface area contributed by atoms with Gasteiger partial charge in [-0.1, -0.05) is 12.1 Å². The maximum atomic E-state index is 12.6. The summed E-state index contributed by atoms with van der Waals surface area (Å²) < 4.78 is 43.2. The molecule has 0 atom stereocenters. The molecule has 0 N–H and O–H groups in total. The van der Waals surface area contributed by atoms with E-state index in [-0.39, 0.29) is 23.5 Å². The van der Waals surface area contributed by atoms with E-state index in [1.54, 1.807) is 0 Å². The van der Waals surface area contributed by atoms with Crippen molar-refractivity contribution in [2.24, 2.45) is 0 Å². The lowest BCUT2D eigenvalue weighted by atomic mass is 10.1. The number of hydrogen-bond donors (Lipinski definition) is 0. The molecule has 0 aromatic heterocycles. The van der Waals surface area contributed by atoms with Crippen LogP contribution in [0.1, 0.15) is 28.4 Å². The molecule has 0 spiro atoms. The van der Waals surface area contributed by atoms with E-state index in [1.165, 1.54) is 31.2 Å². The van der Waals surface area contributed by atoms with Crippen LogP contribution in [0.3, 0.4) is 0 Å². The molecule has 0 fully saturated rings. The summed E-state index contributed by atoms with van der Waals surface area (Å²) in [7, 11) is 0. The minimum atomic E-state index is -4.46. The number of benzene rings is 2. The van der Waals surface area contributed by atoms with E-state index in [4.69, 9.17) is 4.74 Å². The van der Waals surface area contributed by atoms with E-state index in [2.05, 4.69) is 0 Å². The Bertz CT molecular complexity index is 787. The number of hydrogen-bond acceptors (Lipinski definition) is 4. The first-order valence-electron chi connectivity index (χ1n) is 6.77. The standard InChI is InChI=1S/C16H12F3NO4/c1-10(21)14-6-5-13(8-15(14)20(22)23)24-9-11-3-2-4-12(7-11)16(17,18)19/h2-8H,9H2,1H3. The quantitative estimate of drug-likeness (QED) is 0.460. The average Bonchev–Trinajstić information content (AvgIpc) is 2.52. The first-order chi connectivity index (χ1) is 11.2. The Morgan fingerprint density at radius 1 is 1.21 bits per heavy atom. The first-order valence-corrected chi connectivity index (χ1v) is 6.77. The molecule has 2 rings (SSSR count). The van der Waals surface area contributed by atoms with Gasteiger partial charge in [-0.3, -0.25) is 14.9 Å². The lowest BCUT2D eigenvalue weighted by Crippen LogP contribution is -2.06. The van der Waals surface area contributed by atoms with Crippen LogP contribution in [0.2, 0.25) is 0 Å². The third-order valence-electron chi connectivity index (χ3n) is 3.20. The molecular formula is C16H12F3NO4. The molecule has 0 heterocycles. The fourth-order valence-corrected chi connectivity index (χ4v) is 2.05. The second-order valence-corrected chi connectivity index (χ2v) is 4.98. The summed E-state index contributed by atoms with van der Waals surface area (Å²) in [4.78, 5) is 21.6. The summed E-state index contributed by atoms with van der Waals surface area (Å²) in [6.45, 7) is 1.01. The highest BCUT2D eigenvalue weighted by Crippen LogP contribution is 2.30. The fraction of sp³-hybridized carbons (Fsp3) is 0.188. The molecule has 0 radical (unpaired) electrons. The molecule has 8 heteroatoms. The van der Waals surface area contributed by atoms with Gasteiger partial charge < -0.3 is 4.74 Å². The topological polar surface area (TPSA) is 69.4 Å². The van der Waals surface area contributed by atoms with Gasteiger partial charge in [-0.25, -0.2) is 0 Å². The third kappa shape index (κ3) is 4.09. The highest BCUT2D eigenvalue weighted by molar-refractivity contribution is 5.98. The average molecular weight is 339 g/mol. The maximum absolute atomic E-state index is 12.6. The van der Waals surface area contributed by atoms with E-state index in [9.17, 15) is 28.1 Å². The summed E-state index contributed by atoms with van der Waals surface area (Å²) in [5.41, 5.74) is -1.01. The first kappa shape index (κ1) is 17.5. The molecule has 2 aromatic carbocycles. The fourth-order valence-electron chi connectivity index (χ4n) is 2.05. The van der Waals surface area contributed by atoms with E-state index < -0.39 is 28.1 Å². The molecule has 0 aliphatic rings. The lowest BCUT2D eigenvalue weighted by molar-refractivity contribution is -0.385. The van der Waals surface area contributed by atoms with E-state index in [0.717, 1.165) is 18.2 Å². The number of nitrogens with zero attached hydrogens (tertiary/aromatic N) is 1. The molecule has 0 bridgehead atoms. The van der Waals surface area contributed by atoms with Gasteiger partial charge in [-0.2, -0.15) is 13.2 Å². The molecule has 0 saturated carbocycles. The minimum Gasteiger partial charge on any atom is -0.489 e. The summed E-state index contributed by atoms with van der Waals surface area (Å²) in [5, 5.41) is 11.0. The van der Waals surface area contributed by atoms with Gasteiger partial charge in [0.25, 0.3) is 5.69 Å². The summed E-state index contributed by atoms with van der Waals surface area (Å²) in [5.74, 6) is -0.379. The van der Waals surface area contributed by atoms with Crippen molar-refractivity contribution in [3.8, 4) is 5.75 Å². The van der Waals surface area contributed by atoms with Crippen molar-refractivity contribution in [2.75, 3.05) is 0 Å². The SMILES string of the molecule is CC(=O)c1ccc(OCc2cccc(C(F)(F)F)c2)cc1[N+](=O)[O-]. The van der Waals surface area contributed by atoms with Crippen molar-refractivity contribution in [1.29, 1.82) is 0 Å². The molecule has 0 aliphatic heterocycles. The van der Waals surface area contributed by atoms with Gasteiger partial charge in [0.1, 0.15) is 12.4 Å². The monoisotopic (exact) mass is 339 g/mol. The van der Waals surface area contributed by atoms with Crippen molar-refractivity contribution < 1.29 is 27.6 Å². The molecule has 126 valence electrons. The van der Waals surface area contributed by atoms with Gasteiger partial charge in [0.05, 0.1) is 22.1 Å². The number of rotatable bonds is 5. The van der Waals surface area contributed by atoms with Crippen LogP contribution >= 0.6 is 0 Å². The predicted octanol–water partition coefficient (Wildman–Crippen LogP) is 4.40. The molecule has 0 aliphatic carbocycles. The van der Waals surface area contributed by atoms with Crippen LogP contribution in [-0.2, 0) is 12.8 Å². The number of alkyl halides is 3. The molecule has 0 amide bonds. The number of Topliss-reactive ketones (excluding diaryl/α,β-unsaturated/α-hetero) is 1. The summed E-state index contributed by atoms with van der Waals surface area (Å²) in [6.07, 6.45) is -4.46. The molecular weight excluding hydrogens is 327 g/mol. The van der Waals surface area contributed by atoms with Crippen molar-refractivity contribution >= 4 is 11.5 Å². The van der Waals surface area contributed by atoms with Crippen molar-refractivity contribution in [3.63, 3.8) is 0 Å². The smallest absolute Gasteiger partial charge is 0.416 e. The van der Waals surface area contributed by atoms with E-state index >= 15 is 0 Å². The number of nitro benzene ring substituents is 1. The minimum absolute atomic E-state index is 0.0635. The zero-order valence-electron chi connectivity index (χ0n) is 12.5. The maximum Gasteiger partial charge on any atom is 0.416 e. The zero-order chi connectivity index (χ0) is 17.9. The Hall–Kier alpha value is -2.90. The highest BCUT2D eigenvalue weighted by atomic mass is 19.4. The van der Waals surface area contributed by atoms with Gasteiger partial charge in [0, 0.05) is 0 Å². The van der Waals surface area contributed by atoms with Crippen LogP contribution in [0.15, 0.2) is 42.5 Å². The Morgan fingerprint density at radius 2 is 1.92 bits per heavy atom. The number of carbonyl (C=O) groups excluding carboxylic acids is 1. The van der Waals surface area contributed by atoms with E-state index in [1.807, 2.05) is 0 Å². The summed E-state index contributed by atoms with van der Waals surface area (Å²) in [6, 6.07) is 8.27. The Kier molecular flexibility index (Phi) is 4.87. The van der Waals surface area contributed by atoms with Crippen LogP contribution in [0.25, 0.3) is 0 Å². The van der Waals surface area contributed by atoms with Crippen LogP contribution in [0.5, 0.6) is 5.75 Å². The molecule has 5 nitrogen and oxygen atoms in total. The predicted molar refractivity (Wildman–Crippen MR) is 78.9 cm³/mol. The second kappa shape index (κ2) is 6.69. The molecule has 0 saturated heterocycles. The molecule has 2 aromatic rings. The lowest BCUT2D eigenvalue weighted by Gasteiger charge is -2.10. The van der Waals surface area contributed by atoms with Gasteiger partial charge in [-0.15, -0.1) is 0 Å². The van der Waals surface area contributed by atoms with Gasteiger partial charge in [0.15, 0.2) is 5.78 Å². The number of carbonyl (C=O) groups is 1. The van der Waals surface area contributed by atoms with Gasteiger partial charge >= 0.3 is 6.18 Å². The number of halogens is 3. The highest BCUT2D eigenvalue weighted by Gasteiger charge is 2.30. The third-order valence-corrected chi connectivity index (χ3v) is 3.20. The Morgan fingerprint density at radius 3 is 2.50 bits per heavy atom. The second-order valence-electron chi connectivity index (χ2n) is 4.98. The van der Waals surface area contributed by atoms with Crippen LogP contribution in [0.4, 0.5) is 18.9 Å². The molecule has 24 heavy (non-hydrogen) atoms. The largest absolute Gasteiger partial charge is 0.489 e. The van der Waals surface area contributed by atoms with Crippen molar-refractivity contribution in [3.05, 3.63) is 69.3 Å². The van der Waals surface area contributed by atoms with E-state index in [0.29, 0.717) is 0 Å². The zero-order valence-corrected chi connectivity index (χ0v) is 12.5.